The summed E-state index contributed by atoms with van der Waals surface area (Å²) in [6.45, 7) is 4.29. The molecule has 3 atom stereocenters. The zero-order valence-electron chi connectivity index (χ0n) is 14.3. The first-order chi connectivity index (χ1) is 10.7. The minimum Gasteiger partial charge on any atom is -0.310 e. The van der Waals surface area contributed by atoms with Crippen LogP contribution in [-0.2, 0) is 6.18 Å². The van der Waals surface area contributed by atoms with E-state index < -0.39 is 11.7 Å². The van der Waals surface area contributed by atoms with Gasteiger partial charge in [-0.1, -0.05) is 26.0 Å². The summed E-state index contributed by atoms with van der Waals surface area (Å²) >= 11 is 0. The summed E-state index contributed by atoms with van der Waals surface area (Å²) in [5.41, 5.74) is 0.452. The molecule has 2 rings (SSSR count). The standard InChI is InChI=1S/C18H27F3N2/c1-12(2)22-16-10-7-14(11-17(16)23(3)4)13-5-8-15(9-6-13)18(19,20)21/h5-6,8-9,12,14,16-17,22H,7,10-11H2,1-4H3/t14-,16-,17-/m0/s1. The van der Waals surface area contributed by atoms with Crippen molar-refractivity contribution in [3.05, 3.63) is 35.4 Å². The average molecular weight is 328 g/mol. The van der Waals surface area contributed by atoms with Gasteiger partial charge in [-0.15, -0.1) is 0 Å². The summed E-state index contributed by atoms with van der Waals surface area (Å²) < 4.78 is 38.1. The predicted molar refractivity (Wildman–Crippen MR) is 87.6 cm³/mol. The molecule has 1 aliphatic rings. The van der Waals surface area contributed by atoms with Crippen LogP contribution in [0, 0.1) is 0 Å². The normalized spacial score (nSPS) is 26.0. The molecule has 5 heteroatoms. The minimum absolute atomic E-state index is 0.329. The molecule has 1 saturated carbocycles. The van der Waals surface area contributed by atoms with Gasteiger partial charge >= 0.3 is 6.18 Å². The third-order valence-electron chi connectivity index (χ3n) is 4.74. The van der Waals surface area contributed by atoms with Gasteiger partial charge in [-0.3, -0.25) is 0 Å². The molecule has 1 aromatic carbocycles. The Bertz CT molecular complexity index is 494. The van der Waals surface area contributed by atoms with Crippen LogP contribution in [0.4, 0.5) is 13.2 Å². The van der Waals surface area contributed by atoms with E-state index in [0.29, 0.717) is 24.0 Å². The van der Waals surface area contributed by atoms with Crippen LogP contribution in [0.25, 0.3) is 0 Å². The Kier molecular flexibility index (Phi) is 5.74. The molecular formula is C18H27F3N2. The summed E-state index contributed by atoms with van der Waals surface area (Å²) in [6.07, 6.45) is -1.22. The lowest BCUT2D eigenvalue weighted by atomic mass is 9.78. The number of likely N-dealkylation sites (N-methyl/N-ethyl adjacent to an activating group) is 1. The van der Waals surface area contributed by atoms with Gasteiger partial charge in [0.1, 0.15) is 0 Å². The van der Waals surface area contributed by atoms with Crippen LogP contribution in [0.3, 0.4) is 0 Å². The van der Waals surface area contributed by atoms with Gasteiger partial charge in [0.2, 0.25) is 0 Å². The Morgan fingerprint density at radius 1 is 1.09 bits per heavy atom. The number of rotatable bonds is 4. The fourth-order valence-corrected chi connectivity index (χ4v) is 3.59. The van der Waals surface area contributed by atoms with Gasteiger partial charge in [-0.2, -0.15) is 13.2 Å². The van der Waals surface area contributed by atoms with Crippen molar-refractivity contribution in [2.45, 2.75) is 63.3 Å². The van der Waals surface area contributed by atoms with Crippen LogP contribution in [0.15, 0.2) is 24.3 Å². The molecule has 0 heterocycles. The molecule has 1 aliphatic carbocycles. The van der Waals surface area contributed by atoms with Gasteiger partial charge in [-0.25, -0.2) is 0 Å². The number of alkyl halides is 3. The molecular weight excluding hydrogens is 301 g/mol. The lowest BCUT2D eigenvalue weighted by Crippen LogP contribution is -2.52. The molecule has 0 aliphatic heterocycles. The zero-order valence-corrected chi connectivity index (χ0v) is 14.3. The number of benzene rings is 1. The maximum absolute atomic E-state index is 12.7. The zero-order chi connectivity index (χ0) is 17.2. The predicted octanol–water partition coefficient (Wildman–Crippen LogP) is 4.27. The molecule has 1 fully saturated rings. The number of nitrogens with one attached hydrogen (secondary N) is 1. The Morgan fingerprint density at radius 2 is 1.70 bits per heavy atom. The van der Waals surface area contributed by atoms with Crippen molar-refractivity contribution in [2.24, 2.45) is 0 Å². The van der Waals surface area contributed by atoms with E-state index in [1.807, 2.05) is 0 Å². The first-order valence-electron chi connectivity index (χ1n) is 8.28. The van der Waals surface area contributed by atoms with E-state index in [1.165, 1.54) is 12.1 Å². The molecule has 1 N–H and O–H groups in total. The van der Waals surface area contributed by atoms with Gasteiger partial charge in [0.15, 0.2) is 0 Å². The second kappa shape index (κ2) is 7.22. The third-order valence-corrected chi connectivity index (χ3v) is 4.74. The lowest BCUT2D eigenvalue weighted by Gasteiger charge is -2.41. The maximum atomic E-state index is 12.7. The molecule has 0 amide bonds. The quantitative estimate of drug-likeness (QED) is 0.888. The van der Waals surface area contributed by atoms with Gasteiger partial charge in [0.05, 0.1) is 5.56 Å². The minimum atomic E-state index is -4.26. The Morgan fingerprint density at radius 3 is 2.17 bits per heavy atom. The van der Waals surface area contributed by atoms with Gasteiger partial charge in [-0.05, 0) is 57.0 Å². The molecule has 23 heavy (non-hydrogen) atoms. The first kappa shape index (κ1) is 18.3. The van der Waals surface area contributed by atoms with Crippen molar-refractivity contribution in [3.8, 4) is 0 Å². The maximum Gasteiger partial charge on any atom is 0.416 e. The van der Waals surface area contributed by atoms with Gasteiger partial charge < -0.3 is 10.2 Å². The summed E-state index contributed by atoms with van der Waals surface area (Å²) in [5, 5.41) is 3.62. The highest BCUT2D eigenvalue weighted by molar-refractivity contribution is 5.28. The van der Waals surface area contributed by atoms with Gasteiger partial charge in [0.25, 0.3) is 0 Å². The summed E-state index contributed by atoms with van der Waals surface area (Å²) in [4.78, 5) is 2.23. The highest BCUT2D eigenvalue weighted by Gasteiger charge is 2.34. The molecule has 0 radical (unpaired) electrons. The van der Waals surface area contributed by atoms with Crippen LogP contribution >= 0.6 is 0 Å². The number of nitrogens with zero attached hydrogens (tertiary/aromatic N) is 1. The van der Waals surface area contributed by atoms with Crippen LogP contribution in [-0.4, -0.2) is 37.1 Å². The molecule has 130 valence electrons. The fraction of sp³-hybridized carbons (Fsp3) is 0.667. The Balaban J connectivity index is 2.10. The topological polar surface area (TPSA) is 15.3 Å². The van der Waals surface area contributed by atoms with E-state index >= 15 is 0 Å². The molecule has 0 unspecified atom stereocenters. The molecule has 1 aromatic rings. The highest BCUT2D eigenvalue weighted by atomic mass is 19.4. The van der Waals surface area contributed by atoms with E-state index in [1.54, 1.807) is 12.1 Å². The van der Waals surface area contributed by atoms with Gasteiger partial charge in [0, 0.05) is 18.1 Å². The lowest BCUT2D eigenvalue weighted by molar-refractivity contribution is -0.137. The van der Waals surface area contributed by atoms with Crippen molar-refractivity contribution in [3.63, 3.8) is 0 Å². The fourth-order valence-electron chi connectivity index (χ4n) is 3.59. The van der Waals surface area contributed by atoms with Crippen molar-refractivity contribution < 1.29 is 13.2 Å². The van der Waals surface area contributed by atoms with Crippen molar-refractivity contribution in [2.75, 3.05) is 14.1 Å². The monoisotopic (exact) mass is 328 g/mol. The summed E-state index contributed by atoms with van der Waals surface area (Å²) in [5.74, 6) is 0.329. The molecule has 0 aromatic heterocycles. The summed E-state index contributed by atoms with van der Waals surface area (Å²) in [7, 11) is 4.16. The molecule has 0 saturated heterocycles. The molecule has 0 bridgehead atoms. The van der Waals surface area contributed by atoms with Crippen molar-refractivity contribution in [1.29, 1.82) is 0 Å². The number of hydrogen-bond acceptors (Lipinski definition) is 2. The van der Waals surface area contributed by atoms with E-state index in [4.69, 9.17) is 0 Å². The SMILES string of the molecule is CC(C)N[C@H]1CC[C@H](c2ccc(C(F)(F)F)cc2)C[C@@H]1N(C)C. The van der Waals surface area contributed by atoms with Crippen LogP contribution < -0.4 is 5.32 Å². The number of halogens is 3. The van der Waals surface area contributed by atoms with E-state index in [0.717, 1.165) is 24.8 Å². The number of hydrogen-bond donors (Lipinski definition) is 1. The average Bonchev–Trinajstić information content (AvgIpc) is 2.46. The molecule has 0 spiro atoms. The van der Waals surface area contributed by atoms with Crippen LogP contribution in [0.1, 0.15) is 50.2 Å². The Hall–Kier alpha value is -1.07. The smallest absolute Gasteiger partial charge is 0.310 e. The second-order valence-corrected chi connectivity index (χ2v) is 7.09. The first-order valence-corrected chi connectivity index (χ1v) is 8.28. The van der Waals surface area contributed by atoms with Crippen LogP contribution in [0.5, 0.6) is 0 Å². The van der Waals surface area contributed by atoms with E-state index in [2.05, 4.69) is 38.2 Å². The van der Waals surface area contributed by atoms with E-state index in [9.17, 15) is 13.2 Å². The summed E-state index contributed by atoms with van der Waals surface area (Å²) in [6, 6.07) is 6.99. The van der Waals surface area contributed by atoms with Crippen molar-refractivity contribution in [1.82, 2.24) is 10.2 Å². The van der Waals surface area contributed by atoms with Crippen LogP contribution in [0.2, 0.25) is 0 Å². The van der Waals surface area contributed by atoms with Crippen molar-refractivity contribution >= 4 is 0 Å². The second-order valence-electron chi connectivity index (χ2n) is 7.09. The largest absolute Gasteiger partial charge is 0.416 e. The Labute approximate surface area is 137 Å². The molecule has 2 nitrogen and oxygen atoms in total. The highest BCUT2D eigenvalue weighted by Crippen LogP contribution is 2.36. The third kappa shape index (κ3) is 4.70. The van der Waals surface area contributed by atoms with E-state index in [-0.39, 0.29) is 0 Å².